The van der Waals surface area contributed by atoms with Crippen molar-refractivity contribution >= 4 is 11.6 Å². The summed E-state index contributed by atoms with van der Waals surface area (Å²) >= 11 is 0. The molecular weight excluding hydrogens is 231 g/mol. The number of alkyl halides is 3. The molecule has 1 aromatic rings. The van der Waals surface area contributed by atoms with E-state index in [9.17, 15) is 18.0 Å². The molecule has 5 heteroatoms. The topological polar surface area (TPSA) is 20.3 Å². The number of hydrogen-bond acceptors (Lipinski definition) is 1. The second-order valence-corrected chi connectivity index (χ2v) is 4.11. The zero-order valence-electron chi connectivity index (χ0n) is 9.88. The number of benzene rings is 1. The van der Waals surface area contributed by atoms with Gasteiger partial charge in [0.25, 0.3) is 0 Å². The average molecular weight is 245 g/mol. The van der Waals surface area contributed by atoms with Crippen molar-refractivity contribution in [2.75, 3.05) is 11.9 Å². The molecule has 94 valence electrons. The second kappa shape index (κ2) is 4.77. The molecule has 0 N–H and O–H groups in total. The first kappa shape index (κ1) is 13.5. The van der Waals surface area contributed by atoms with Gasteiger partial charge in [0.2, 0.25) is 0 Å². The van der Waals surface area contributed by atoms with Crippen LogP contribution in [0.15, 0.2) is 24.3 Å². The van der Waals surface area contributed by atoms with Gasteiger partial charge in [-0.15, -0.1) is 0 Å². The largest absolute Gasteiger partial charge is 0.471 e. The first-order valence-electron chi connectivity index (χ1n) is 5.18. The molecular formula is C12H14F3NO. The summed E-state index contributed by atoms with van der Waals surface area (Å²) in [5.74, 6) is -1.57. The first-order valence-corrected chi connectivity index (χ1v) is 5.18. The molecule has 0 aromatic heterocycles. The summed E-state index contributed by atoms with van der Waals surface area (Å²) in [6.07, 6.45) is -4.84. The summed E-state index contributed by atoms with van der Waals surface area (Å²) < 4.78 is 36.6. The molecule has 0 bridgehead atoms. The molecule has 2 nitrogen and oxygen atoms in total. The van der Waals surface area contributed by atoms with Crippen LogP contribution in [0.25, 0.3) is 0 Å². The highest BCUT2D eigenvalue weighted by atomic mass is 19.4. The monoisotopic (exact) mass is 245 g/mol. The second-order valence-electron chi connectivity index (χ2n) is 4.11. The molecule has 0 atom stereocenters. The minimum absolute atomic E-state index is 0.233. The third-order valence-electron chi connectivity index (χ3n) is 2.49. The highest BCUT2D eigenvalue weighted by Crippen LogP contribution is 2.24. The van der Waals surface area contributed by atoms with Crippen molar-refractivity contribution in [3.63, 3.8) is 0 Å². The third kappa shape index (κ3) is 3.22. The van der Waals surface area contributed by atoms with E-state index in [1.54, 1.807) is 12.1 Å². The molecule has 0 fully saturated rings. The number of amides is 1. The summed E-state index contributed by atoms with van der Waals surface area (Å²) in [4.78, 5) is 11.6. The van der Waals surface area contributed by atoms with E-state index >= 15 is 0 Å². The Morgan fingerprint density at radius 1 is 1.18 bits per heavy atom. The lowest BCUT2D eigenvalue weighted by molar-refractivity contribution is -0.170. The molecule has 0 aliphatic heterocycles. The van der Waals surface area contributed by atoms with Gasteiger partial charge in [0.1, 0.15) is 0 Å². The summed E-state index contributed by atoms with van der Waals surface area (Å²) in [6, 6.07) is 6.47. The molecule has 0 spiro atoms. The normalized spacial score (nSPS) is 11.7. The zero-order chi connectivity index (χ0) is 13.2. The fourth-order valence-corrected chi connectivity index (χ4v) is 1.39. The summed E-state index contributed by atoms with van der Waals surface area (Å²) in [7, 11) is 1.11. The van der Waals surface area contributed by atoms with Crippen LogP contribution < -0.4 is 4.90 Å². The Hall–Kier alpha value is -1.52. The van der Waals surface area contributed by atoms with Crippen LogP contribution in [0.1, 0.15) is 25.3 Å². The van der Waals surface area contributed by atoms with E-state index in [1.165, 1.54) is 12.1 Å². The molecule has 0 aliphatic carbocycles. The van der Waals surface area contributed by atoms with Gasteiger partial charge in [-0.1, -0.05) is 26.0 Å². The van der Waals surface area contributed by atoms with Gasteiger partial charge in [0.15, 0.2) is 0 Å². The van der Waals surface area contributed by atoms with Crippen LogP contribution in [0, 0.1) is 0 Å². The Balaban J connectivity index is 2.91. The Bertz CT molecular complexity index is 395. The maximum Gasteiger partial charge on any atom is 0.471 e. The highest BCUT2D eigenvalue weighted by Gasteiger charge is 2.41. The summed E-state index contributed by atoms with van der Waals surface area (Å²) in [5.41, 5.74) is 1.25. The Labute approximate surface area is 98.0 Å². The fraction of sp³-hybridized carbons (Fsp3) is 0.417. The maximum absolute atomic E-state index is 12.2. The number of nitrogens with zero attached hydrogens (tertiary/aromatic N) is 1. The van der Waals surface area contributed by atoms with E-state index in [2.05, 4.69) is 0 Å². The molecule has 0 heterocycles. The molecule has 1 amide bonds. The van der Waals surface area contributed by atoms with E-state index < -0.39 is 12.1 Å². The van der Waals surface area contributed by atoms with Crippen molar-refractivity contribution in [1.29, 1.82) is 0 Å². The molecule has 1 rings (SSSR count). The Morgan fingerprint density at radius 3 is 2.00 bits per heavy atom. The molecule has 0 saturated carbocycles. The molecule has 1 aromatic carbocycles. The predicted molar refractivity (Wildman–Crippen MR) is 60.0 cm³/mol. The first-order chi connectivity index (χ1) is 7.73. The standard InChI is InChI=1S/C12H14F3NO/c1-8(2)9-4-6-10(7-5-9)16(3)11(17)12(13,14)15/h4-8H,1-3H3. The summed E-state index contributed by atoms with van der Waals surface area (Å²) in [6.45, 7) is 3.97. The smallest absolute Gasteiger partial charge is 0.308 e. The Morgan fingerprint density at radius 2 is 1.65 bits per heavy atom. The van der Waals surface area contributed by atoms with Crippen LogP contribution in [-0.2, 0) is 4.79 Å². The SMILES string of the molecule is CC(C)c1ccc(N(C)C(=O)C(F)(F)F)cc1. The van der Waals surface area contributed by atoms with Crippen molar-refractivity contribution in [1.82, 2.24) is 0 Å². The van der Waals surface area contributed by atoms with Crippen LogP contribution in [0.3, 0.4) is 0 Å². The van der Waals surface area contributed by atoms with E-state index in [4.69, 9.17) is 0 Å². The fourth-order valence-electron chi connectivity index (χ4n) is 1.39. The minimum Gasteiger partial charge on any atom is -0.308 e. The number of rotatable bonds is 2. The number of halogens is 3. The third-order valence-corrected chi connectivity index (χ3v) is 2.49. The molecule has 0 aliphatic rings. The lowest BCUT2D eigenvalue weighted by Crippen LogP contribution is -2.38. The quantitative estimate of drug-likeness (QED) is 0.782. The van der Waals surface area contributed by atoms with Gasteiger partial charge in [-0.05, 0) is 23.6 Å². The molecule has 0 radical (unpaired) electrons. The van der Waals surface area contributed by atoms with Gasteiger partial charge in [-0.2, -0.15) is 13.2 Å². The minimum atomic E-state index is -4.84. The van der Waals surface area contributed by atoms with Gasteiger partial charge in [0, 0.05) is 12.7 Å². The van der Waals surface area contributed by atoms with E-state index in [0.717, 1.165) is 12.6 Å². The van der Waals surface area contributed by atoms with E-state index in [1.807, 2.05) is 13.8 Å². The van der Waals surface area contributed by atoms with Crippen LogP contribution in [0.2, 0.25) is 0 Å². The number of carbonyl (C=O) groups excluding carboxylic acids is 1. The molecule has 17 heavy (non-hydrogen) atoms. The number of anilines is 1. The summed E-state index contributed by atoms with van der Waals surface area (Å²) in [5, 5.41) is 0. The highest BCUT2D eigenvalue weighted by molar-refractivity contribution is 5.96. The zero-order valence-corrected chi connectivity index (χ0v) is 9.88. The predicted octanol–water partition coefficient (Wildman–Crippen LogP) is 3.34. The van der Waals surface area contributed by atoms with Crippen LogP contribution >= 0.6 is 0 Å². The van der Waals surface area contributed by atoms with Gasteiger partial charge < -0.3 is 4.90 Å². The van der Waals surface area contributed by atoms with E-state index in [-0.39, 0.29) is 5.69 Å². The maximum atomic E-state index is 12.2. The van der Waals surface area contributed by atoms with Crippen molar-refractivity contribution in [3.8, 4) is 0 Å². The van der Waals surface area contributed by atoms with Crippen molar-refractivity contribution in [3.05, 3.63) is 29.8 Å². The van der Waals surface area contributed by atoms with Crippen LogP contribution in [0.4, 0.5) is 18.9 Å². The van der Waals surface area contributed by atoms with Gasteiger partial charge in [-0.25, -0.2) is 0 Å². The molecule has 0 saturated heterocycles. The van der Waals surface area contributed by atoms with Crippen LogP contribution in [-0.4, -0.2) is 19.1 Å². The number of hydrogen-bond donors (Lipinski definition) is 0. The van der Waals surface area contributed by atoms with Crippen LogP contribution in [0.5, 0.6) is 0 Å². The van der Waals surface area contributed by atoms with Gasteiger partial charge >= 0.3 is 12.1 Å². The lowest BCUT2D eigenvalue weighted by Gasteiger charge is -2.19. The van der Waals surface area contributed by atoms with Gasteiger partial charge in [-0.3, -0.25) is 4.79 Å². The average Bonchev–Trinajstić information content (AvgIpc) is 2.26. The molecule has 0 unspecified atom stereocenters. The van der Waals surface area contributed by atoms with E-state index in [0.29, 0.717) is 10.8 Å². The van der Waals surface area contributed by atoms with Crippen molar-refractivity contribution in [2.45, 2.75) is 25.9 Å². The lowest BCUT2D eigenvalue weighted by atomic mass is 10.0. The van der Waals surface area contributed by atoms with Crippen molar-refractivity contribution in [2.24, 2.45) is 0 Å². The Kier molecular flexibility index (Phi) is 3.80. The van der Waals surface area contributed by atoms with Crippen molar-refractivity contribution < 1.29 is 18.0 Å². The van der Waals surface area contributed by atoms with Gasteiger partial charge in [0.05, 0.1) is 0 Å². The number of carbonyl (C=O) groups is 1.